The van der Waals surface area contributed by atoms with Gasteiger partial charge in [0.15, 0.2) is 11.5 Å². The van der Waals surface area contributed by atoms with E-state index in [4.69, 9.17) is 9.47 Å². The van der Waals surface area contributed by atoms with E-state index in [0.29, 0.717) is 11.5 Å². The number of hydrogen-bond acceptors (Lipinski definition) is 4. The summed E-state index contributed by atoms with van der Waals surface area (Å²) < 4.78 is 11.5. The Labute approximate surface area is 130 Å². The highest BCUT2D eigenvalue weighted by Crippen LogP contribution is 2.33. The van der Waals surface area contributed by atoms with E-state index in [2.05, 4.69) is 5.32 Å². The molecule has 1 aromatic rings. The fraction of sp³-hybridized carbons (Fsp3) is 0.500. The number of para-hydroxylation sites is 2. The van der Waals surface area contributed by atoms with Gasteiger partial charge in [0.2, 0.25) is 12.0 Å². The smallest absolute Gasteiger partial charge is 0.267 e. The predicted molar refractivity (Wildman–Crippen MR) is 81.9 cm³/mol. The van der Waals surface area contributed by atoms with Crippen molar-refractivity contribution in [2.45, 2.75) is 39.0 Å². The van der Waals surface area contributed by atoms with Crippen LogP contribution in [0.25, 0.3) is 0 Å². The Balaban J connectivity index is 2.02. The lowest BCUT2D eigenvalue weighted by molar-refractivity contribution is -0.145. The van der Waals surface area contributed by atoms with Gasteiger partial charge >= 0.3 is 0 Å². The van der Waals surface area contributed by atoms with Crippen LogP contribution in [-0.2, 0) is 9.59 Å². The number of benzene rings is 1. The van der Waals surface area contributed by atoms with Crippen molar-refractivity contribution >= 4 is 11.8 Å². The van der Waals surface area contributed by atoms with Gasteiger partial charge < -0.3 is 19.7 Å². The maximum atomic E-state index is 12.5. The molecule has 0 aliphatic carbocycles. The Morgan fingerprint density at radius 1 is 1.23 bits per heavy atom. The quantitative estimate of drug-likeness (QED) is 0.907. The van der Waals surface area contributed by atoms with E-state index in [1.807, 2.05) is 26.0 Å². The third-order valence-corrected chi connectivity index (χ3v) is 3.29. The van der Waals surface area contributed by atoms with Crippen LogP contribution in [0, 0.1) is 0 Å². The number of ether oxygens (including phenoxy) is 2. The molecule has 0 aromatic heterocycles. The number of carbonyl (C=O) groups is 2. The molecule has 2 amide bonds. The van der Waals surface area contributed by atoms with E-state index in [0.717, 1.165) is 0 Å². The Hall–Kier alpha value is -2.24. The highest BCUT2D eigenvalue weighted by molar-refractivity contribution is 5.87. The molecule has 6 heteroatoms. The molecule has 2 rings (SSSR count). The molecule has 1 N–H and O–H groups in total. The normalized spacial score (nSPS) is 19.7. The molecular formula is C16H22N2O4. The lowest BCUT2D eigenvalue weighted by Crippen LogP contribution is -2.51. The molecule has 2 atom stereocenters. The minimum atomic E-state index is -0.758. The Morgan fingerprint density at radius 2 is 1.82 bits per heavy atom. The minimum absolute atomic E-state index is 0.00869. The average molecular weight is 306 g/mol. The number of carbonyl (C=O) groups excluding carboxylic acids is 2. The van der Waals surface area contributed by atoms with Crippen LogP contribution >= 0.6 is 0 Å². The van der Waals surface area contributed by atoms with E-state index < -0.39 is 12.2 Å². The maximum absolute atomic E-state index is 12.5. The highest BCUT2D eigenvalue weighted by Gasteiger charge is 2.36. The Bertz CT molecular complexity index is 559. The van der Waals surface area contributed by atoms with Gasteiger partial charge in [-0.2, -0.15) is 0 Å². The number of amides is 2. The maximum Gasteiger partial charge on any atom is 0.267 e. The molecule has 0 fully saturated rings. The van der Waals surface area contributed by atoms with Crippen molar-refractivity contribution in [3.63, 3.8) is 0 Å². The van der Waals surface area contributed by atoms with E-state index in [-0.39, 0.29) is 24.4 Å². The summed E-state index contributed by atoms with van der Waals surface area (Å²) in [6.07, 6.45) is -1.18. The standard InChI is InChI=1S/C16H22N2O4/c1-10(2)17-14(19)9-18(4)16(20)15-11(3)21-12-7-5-6-8-13(12)22-15/h5-8,10-11,15H,9H2,1-4H3,(H,17,19)/t11-,15-/m1/s1. The van der Waals surface area contributed by atoms with Gasteiger partial charge in [0.25, 0.3) is 5.91 Å². The number of nitrogens with one attached hydrogen (secondary N) is 1. The second-order valence-corrected chi connectivity index (χ2v) is 5.72. The monoisotopic (exact) mass is 306 g/mol. The predicted octanol–water partition coefficient (Wildman–Crippen LogP) is 1.20. The first-order valence-electron chi connectivity index (χ1n) is 7.35. The van der Waals surface area contributed by atoms with Gasteiger partial charge in [-0.1, -0.05) is 12.1 Å². The van der Waals surface area contributed by atoms with Crippen LogP contribution in [0.3, 0.4) is 0 Å². The van der Waals surface area contributed by atoms with Crippen LogP contribution in [0.5, 0.6) is 11.5 Å². The van der Waals surface area contributed by atoms with E-state index >= 15 is 0 Å². The van der Waals surface area contributed by atoms with Gasteiger partial charge in [-0.15, -0.1) is 0 Å². The summed E-state index contributed by atoms with van der Waals surface area (Å²) in [5, 5.41) is 2.75. The second-order valence-electron chi connectivity index (χ2n) is 5.72. The van der Waals surface area contributed by atoms with Gasteiger partial charge in [-0.25, -0.2) is 0 Å². The largest absolute Gasteiger partial charge is 0.482 e. The number of rotatable bonds is 4. The van der Waals surface area contributed by atoms with Gasteiger partial charge in [0.1, 0.15) is 6.10 Å². The first kappa shape index (κ1) is 16.1. The summed E-state index contributed by atoms with van der Waals surface area (Å²) in [4.78, 5) is 25.6. The topological polar surface area (TPSA) is 67.9 Å². The number of fused-ring (bicyclic) bond motifs is 1. The molecule has 1 aromatic carbocycles. The lowest BCUT2D eigenvalue weighted by atomic mass is 10.1. The van der Waals surface area contributed by atoms with Crippen LogP contribution in [0.4, 0.5) is 0 Å². The lowest BCUT2D eigenvalue weighted by Gasteiger charge is -2.33. The molecular weight excluding hydrogens is 284 g/mol. The van der Waals surface area contributed by atoms with Crippen molar-refractivity contribution in [1.82, 2.24) is 10.2 Å². The van der Waals surface area contributed by atoms with Crippen molar-refractivity contribution in [1.29, 1.82) is 0 Å². The molecule has 6 nitrogen and oxygen atoms in total. The van der Waals surface area contributed by atoms with Crippen LogP contribution < -0.4 is 14.8 Å². The number of likely N-dealkylation sites (N-methyl/N-ethyl adjacent to an activating group) is 1. The molecule has 0 bridgehead atoms. The van der Waals surface area contributed by atoms with Crippen LogP contribution in [0.2, 0.25) is 0 Å². The summed E-state index contributed by atoms with van der Waals surface area (Å²) in [6, 6.07) is 7.26. The molecule has 1 aliphatic heterocycles. The number of hydrogen-bond donors (Lipinski definition) is 1. The first-order chi connectivity index (χ1) is 10.4. The van der Waals surface area contributed by atoms with E-state index in [9.17, 15) is 9.59 Å². The van der Waals surface area contributed by atoms with Crippen molar-refractivity contribution in [3.05, 3.63) is 24.3 Å². The van der Waals surface area contributed by atoms with Gasteiger partial charge in [0.05, 0.1) is 6.54 Å². The molecule has 0 spiro atoms. The zero-order valence-corrected chi connectivity index (χ0v) is 13.3. The Kier molecular flexibility index (Phi) is 4.90. The van der Waals surface area contributed by atoms with Crippen LogP contribution in [-0.4, -0.2) is 48.6 Å². The number of nitrogens with zero attached hydrogens (tertiary/aromatic N) is 1. The summed E-state index contributed by atoms with van der Waals surface area (Å²) >= 11 is 0. The first-order valence-corrected chi connectivity index (χ1v) is 7.35. The molecule has 0 saturated carbocycles. The van der Waals surface area contributed by atoms with E-state index in [1.54, 1.807) is 26.1 Å². The summed E-state index contributed by atoms with van der Waals surface area (Å²) in [5.41, 5.74) is 0. The molecule has 22 heavy (non-hydrogen) atoms. The third kappa shape index (κ3) is 3.69. The third-order valence-electron chi connectivity index (χ3n) is 3.29. The van der Waals surface area contributed by atoms with Crippen molar-refractivity contribution in [3.8, 4) is 11.5 Å². The molecule has 0 radical (unpaired) electrons. The fourth-order valence-electron chi connectivity index (χ4n) is 2.27. The van der Waals surface area contributed by atoms with E-state index in [1.165, 1.54) is 4.90 Å². The van der Waals surface area contributed by atoms with Crippen LogP contribution in [0.1, 0.15) is 20.8 Å². The summed E-state index contributed by atoms with van der Waals surface area (Å²) in [5.74, 6) is 0.690. The van der Waals surface area contributed by atoms with Crippen molar-refractivity contribution < 1.29 is 19.1 Å². The van der Waals surface area contributed by atoms with Crippen LogP contribution in [0.15, 0.2) is 24.3 Å². The van der Waals surface area contributed by atoms with Gasteiger partial charge in [0, 0.05) is 13.1 Å². The minimum Gasteiger partial charge on any atom is -0.482 e. The molecule has 0 unspecified atom stereocenters. The molecule has 1 heterocycles. The van der Waals surface area contributed by atoms with Gasteiger partial charge in [-0.05, 0) is 32.9 Å². The zero-order valence-electron chi connectivity index (χ0n) is 13.3. The van der Waals surface area contributed by atoms with Gasteiger partial charge in [-0.3, -0.25) is 9.59 Å². The fourth-order valence-corrected chi connectivity index (χ4v) is 2.27. The summed E-state index contributed by atoms with van der Waals surface area (Å²) in [6.45, 7) is 5.51. The SMILES string of the molecule is CC(C)NC(=O)CN(C)C(=O)[C@@H]1Oc2ccccc2O[C@@H]1C. The molecule has 120 valence electrons. The molecule has 1 aliphatic rings. The zero-order chi connectivity index (χ0) is 16.3. The van der Waals surface area contributed by atoms with Crippen molar-refractivity contribution in [2.24, 2.45) is 0 Å². The summed E-state index contributed by atoms with van der Waals surface area (Å²) in [7, 11) is 1.58. The Morgan fingerprint density at radius 3 is 2.41 bits per heavy atom. The average Bonchev–Trinajstić information content (AvgIpc) is 2.44. The highest BCUT2D eigenvalue weighted by atomic mass is 16.6. The second kappa shape index (κ2) is 6.68. The van der Waals surface area contributed by atoms with Crippen molar-refractivity contribution in [2.75, 3.05) is 13.6 Å². The molecule has 0 saturated heterocycles.